The van der Waals surface area contributed by atoms with Gasteiger partial charge in [-0.25, -0.2) is 24.5 Å². The smallest absolute Gasteiger partial charge is 0.387 e. The average molecular weight is 691 g/mol. The summed E-state index contributed by atoms with van der Waals surface area (Å²) in [7, 11) is -7.52. The molecule has 45 heavy (non-hydrogen) atoms. The van der Waals surface area contributed by atoms with Crippen LogP contribution in [0.3, 0.4) is 0 Å². The second-order valence-corrected chi connectivity index (χ2v) is 12.9. The zero-order valence-corrected chi connectivity index (χ0v) is 25.1. The summed E-state index contributed by atoms with van der Waals surface area (Å²) in [6.07, 6.45) is -8.31. The molecule has 2 aliphatic rings. The molecule has 25 heteroatoms. The van der Waals surface area contributed by atoms with Gasteiger partial charge >= 0.3 is 15.1 Å². The van der Waals surface area contributed by atoms with Gasteiger partial charge in [-0.3, -0.25) is 28.0 Å². The number of aliphatic hydroxyl groups is 3. The number of nitrogens with one attached hydrogen (secondary N) is 1. The summed E-state index contributed by atoms with van der Waals surface area (Å²) in [5, 5.41) is 32.2. The largest absolute Gasteiger partial charge is 0.582 e. The normalized spacial score (nSPS) is 30.3. The zero-order valence-electron chi connectivity index (χ0n) is 22.4. The number of fused-ring (bicyclic) bond motifs is 2. The summed E-state index contributed by atoms with van der Waals surface area (Å²) < 4.78 is 53.8. The van der Waals surface area contributed by atoms with Crippen molar-refractivity contribution in [1.82, 2.24) is 39.0 Å². The maximum Gasteiger partial charge on any atom is 0.582 e. The monoisotopic (exact) mass is 691 g/mol. The van der Waals surface area contributed by atoms with Gasteiger partial charge < -0.3 is 41.2 Å². The quantitative estimate of drug-likeness (QED) is 0.0665. The molecule has 4 aromatic heterocycles. The van der Waals surface area contributed by atoms with Crippen molar-refractivity contribution in [3.8, 4) is 0 Å². The Bertz CT molecular complexity index is 1860. The summed E-state index contributed by atoms with van der Waals surface area (Å²) in [6, 6.07) is 0. The van der Waals surface area contributed by atoms with Crippen LogP contribution in [0.4, 0.5) is 11.8 Å². The molecule has 0 saturated carbocycles. The van der Waals surface area contributed by atoms with Crippen LogP contribution in [0, 0.1) is 0 Å². The Kier molecular flexibility index (Phi) is 8.62. The molecule has 6 rings (SSSR count). The average Bonchev–Trinajstić information content (AvgIpc) is 3.73. The van der Waals surface area contributed by atoms with Gasteiger partial charge in [0.05, 0.1) is 19.3 Å². The molecule has 6 heterocycles. The lowest BCUT2D eigenvalue weighted by Crippen LogP contribution is -2.36. The summed E-state index contributed by atoms with van der Waals surface area (Å²) >= 11 is 3.65. The molecule has 2 saturated heterocycles. The molecule has 0 radical (unpaired) electrons. The lowest BCUT2D eigenvalue weighted by molar-refractivity contribution is -0.0607. The lowest BCUT2D eigenvalue weighted by atomic mass is 10.1. The number of aromatic amines is 1. The van der Waals surface area contributed by atoms with Crippen molar-refractivity contribution in [2.45, 2.75) is 49.1 Å². The highest BCUT2D eigenvalue weighted by Crippen LogP contribution is 2.50. The fraction of sp³-hybridized carbons (Fsp3) is 0.500. The number of nitrogen functional groups attached to an aromatic ring is 2. The van der Waals surface area contributed by atoms with Crippen LogP contribution in [0.25, 0.3) is 22.3 Å². The Morgan fingerprint density at radius 1 is 0.978 bits per heavy atom. The third-order valence-corrected chi connectivity index (χ3v) is 8.74. The predicted molar refractivity (Wildman–Crippen MR) is 151 cm³/mol. The van der Waals surface area contributed by atoms with Gasteiger partial charge in [0.25, 0.3) is 5.56 Å². The number of phosphoric ester groups is 1. The van der Waals surface area contributed by atoms with Crippen molar-refractivity contribution >= 4 is 61.4 Å². The fourth-order valence-corrected chi connectivity index (χ4v) is 6.37. The lowest BCUT2D eigenvalue weighted by Gasteiger charge is -2.24. The van der Waals surface area contributed by atoms with Gasteiger partial charge in [0.1, 0.15) is 67.3 Å². The van der Waals surface area contributed by atoms with Gasteiger partial charge in [-0.05, 0) is 4.57 Å². The van der Waals surface area contributed by atoms with E-state index in [0.29, 0.717) is 0 Å². The van der Waals surface area contributed by atoms with Crippen molar-refractivity contribution in [2.24, 2.45) is 0 Å². The summed E-state index contributed by atoms with van der Waals surface area (Å²) in [5.41, 5.74) is 10.9. The zero-order chi connectivity index (χ0) is 32.2. The number of thiol groups is 1. The van der Waals surface area contributed by atoms with Crippen molar-refractivity contribution in [3.05, 3.63) is 29.3 Å². The Labute approximate surface area is 255 Å². The maximum atomic E-state index is 13.1. The molecule has 0 spiro atoms. The molecular formula is C20H25N10O12P2S+. The molecule has 2 fully saturated rings. The molecule has 4 aromatic rings. The Balaban J connectivity index is 1.20. The maximum absolute atomic E-state index is 13.1. The molecule has 242 valence electrons. The van der Waals surface area contributed by atoms with E-state index in [-0.39, 0.29) is 34.1 Å². The number of H-pyrrole nitrogens is 1. The topological polar surface area (TPSA) is 320 Å². The first-order chi connectivity index (χ1) is 21.3. The second-order valence-electron chi connectivity index (χ2n) is 9.83. The van der Waals surface area contributed by atoms with Gasteiger partial charge in [-0.2, -0.15) is 4.98 Å². The Morgan fingerprint density at radius 3 is 2.38 bits per heavy atom. The number of anilines is 2. The van der Waals surface area contributed by atoms with Gasteiger partial charge in [-0.15, -0.1) is 4.52 Å². The number of nitrogens with two attached hydrogens (primary N) is 2. The van der Waals surface area contributed by atoms with Crippen LogP contribution in [0.15, 0.2) is 23.8 Å². The number of hydrogen-bond donors (Lipinski definition) is 8. The number of phosphoric acid groups is 1. The SMILES string of the molecule is Nc1nc2c(ncn2[C@@H]2O[C@H](CO[P+](=O)S)[C@@H](O)[C@H]2OP(=O)(O)OC[C@H]2O[C@@H](n3cnc4c(N)ncnc43)[C@H](O)[C@@H]2O)c(=O)[nH]1. The van der Waals surface area contributed by atoms with E-state index in [4.69, 9.17) is 34.5 Å². The van der Waals surface area contributed by atoms with E-state index in [1.54, 1.807) is 0 Å². The first kappa shape index (κ1) is 31.8. The summed E-state index contributed by atoms with van der Waals surface area (Å²) in [4.78, 5) is 45.1. The Morgan fingerprint density at radius 2 is 1.64 bits per heavy atom. The second kappa shape index (κ2) is 12.2. The molecule has 0 aliphatic carbocycles. The summed E-state index contributed by atoms with van der Waals surface area (Å²) in [6.45, 7) is -1.24. The van der Waals surface area contributed by atoms with Crippen molar-refractivity contribution < 1.29 is 52.4 Å². The van der Waals surface area contributed by atoms with E-state index in [0.717, 1.165) is 10.9 Å². The third kappa shape index (κ3) is 6.05. The van der Waals surface area contributed by atoms with E-state index >= 15 is 0 Å². The highest BCUT2D eigenvalue weighted by molar-refractivity contribution is 8.39. The number of aliphatic hydroxyl groups excluding tert-OH is 3. The molecular weight excluding hydrogens is 666 g/mol. The predicted octanol–water partition coefficient (Wildman–Crippen LogP) is -1.89. The van der Waals surface area contributed by atoms with E-state index in [2.05, 4.69) is 42.2 Å². The third-order valence-electron chi connectivity index (χ3n) is 7.04. The minimum absolute atomic E-state index is 0.0735. The van der Waals surface area contributed by atoms with Crippen molar-refractivity contribution in [3.63, 3.8) is 0 Å². The van der Waals surface area contributed by atoms with E-state index in [1.165, 1.54) is 17.2 Å². The van der Waals surface area contributed by atoms with Gasteiger partial charge in [-0.1, -0.05) is 0 Å². The van der Waals surface area contributed by atoms with Gasteiger partial charge in [0.2, 0.25) is 5.95 Å². The molecule has 0 amide bonds. The standard InChI is InChI=1S/C20H24N10O12P2S/c21-14-8-15(24-3-23-14)29(4-25-8)18-12(33)10(31)7(40-18)2-39-44(36,37)42-13-11(32)6(1-38-43(35)45)41-19(13)30-5-26-9-16(30)27-20(22)28-17(9)34/h3-7,10-13,18-19,31-33H,1-2H2,(H6-,21,22,23,24,27,28,34,35,36,37,45)/p+1/t6-,7-,10-,11-,12-,13-,18-,19-/m1/s1. The molecule has 2 aliphatic heterocycles. The van der Waals surface area contributed by atoms with Crippen molar-refractivity contribution in [2.75, 3.05) is 24.7 Å². The van der Waals surface area contributed by atoms with E-state index < -0.39 is 82.9 Å². The van der Waals surface area contributed by atoms with Crippen LogP contribution in [0.2, 0.25) is 0 Å². The number of imidazole rings is 2. The van der Waals surface area contributed by atoms with Crippen LogP contribution >= 0.6 is 27.3 Å². The number of rotatable bonds is 10. The molecule has 9 N–H and O–H groups in total. The summed E-state index contributed by atoms with van der Waals surface area (Å²) in [5.74, 6) is -0.201. The first-order valence-electron chi connectivity index (χ1n) is 12.8. The highest BCUT2D eigenvalue weighted by Gasteiger charge is 2.51. The fourth-order valence-electron chi connectivity index (χ4n) is 4.96. The van der Waals surface area contributed by atoms with E-state index in [9.17, 15) is 34.1 Å². The van der Waals surface area contributed by atoms with Crippen LogP contribution in [-0.2, 0) is 32.2 Å². The van der Waals surface area contributed by atoms with Gasteiger partial charge in [0, 0.05) is 0 Å². The number of aromatic nitrogens is 8. The number of hydrogen-bond acceptors (Lipinski definition) is 18. The molecule has 10 atom stereocenters. The molecule has 2 unspecified atom stereocenters. The van der Waals surface area contributed by atoms with Crippen LogP contribution in [-0.4, -0.2) is 109 Å². The van der Waals surface area contributed by atoms with Gasteiger partial charge in [0.15, 0.2) is 35.1 Å². The minimum atomic E-state index is -5.12. The van der Waals surface area contributed by atoms with Crippen LogP contribution in [0.1, 0.15) is 12.5 Å². The number of ether oxygens (including phenoxy) is 2. The molecule has 0 bridgehead atoms. The highest BCUT2D eigenvalue weighted by atomic mass is 32.7. The first-order valence-corrected chi connectivity index (χ1v) is 16.6. The number of nitrogens with zero attached hydrogens (tertiary/aromatic N) is 7. The van der Waals surface area contributed by atoms with Crippen LogP contribution < -0.4 is 17.0 Å². The molecule has 0 aromatic carbocycles. The van der Waals surface area contributed by atoms with Crippen LogP contribution in [0.5, 0.6) is 0 Å². The van der Waals surface area contributed by atoms with Crippen molar-refractivity contribution in [1.29, 1.82) is 0 Å². The molecule has 22 nitrogen and oxygen atoms in total. The Hall–Kier alpha value is -3.18. The minimum Gasteiger partial charge on any atom is -0.387 e. The van der Waals surface area contributed by atoms with E-state index in [1.807, 2.05) is 0 Å².